The van der Waals surface area contributed by atoms with Crippen molar-refractivity contribution in [3.8, 4) is 0 Å². The molecule has 8 nitrogen and oxygen atoms in total. The number of carbonyl (C=O) groups excluding carboxylic acids is 1. The monoisotopic (exact) mass is 356 g/mol. The number of aliphatic carboxylic acids is 1. The van der Waals surface area contributed by atoms with E-state index in [0.717, 1.165) is 19.3 Å². The van der Waals surface area contributed by atoms with Crippen LogP contribution in [0, 0.1) is 11.3 Å². The quantitative estimate of drug-likeness (QED) is 0.161. The molecule has 0 aliphatic heterocycles. The fourth-order valence-corrected chi connectivity index (χ4v) is 3.79. The number of hydrogen-bond donors (Lipinski definition) is 5. The number of rotatable bonds is 11. The van der Waals surface area contributed by atoms with Gasteiger partial charge in [0.15, 0.2) is 0 Å². The van der Waals surface area contributed by atoms with E-state index in [1.54, 1.807) is 0 Å². The molecule has 0 heterocycles. The van der Waals surface area contributed by atoms with E-state index in [9.17, 15) is 19.8 Å². The van der Waals surface area contributed by atoms with Gasteiger partial charge in [-0.05, 0) is 38.0 Å². The highest BCUT2D eigenvalue weighted by molar-refractivity contribution is 5.76. The van der Waals surface area contributed by atoms with Gasteiger partial charge in [-0.15, -0.1) is 0 Å². The SMILES string of the molecule is CCCC(CCNC(C)=O)CCC1(C(=O)O)CC(NC=NN)CC1O. The Hall–Kier alpha value is -1.83. The standard InChI is InChI=1S/C17H32N4O4/c1-3-4-13(6-8-19-12(2)22)5-7-17(16(24)25)10-14(9-15(17)23)20-11-21-18/h11,13-15,23H,3-10,18H2,1-2H3,(H,19,22)(H,20,21)(H,24,25). The summed E-state index contributed by atoms with van der Waals surface area (Å²) in [7, 11) is 0. The van der Waals surface area contributed by atoms with E-state index in [2.05, 4.69) is 22.7 Å². The Morgan fingerprint density at radius 3 is 2.68 bits per heavy atom. The van der Waals surface area contributed by atoms with Gasteiger partial charge in [0.2, 0.25) is 5.91 Å². The number of nitrogens with zero attached hydrogens (tertiary/aromatic N) is 1. The zero-order chi connectivity index (χ0) is 18.9. The molecule has 8 heteroatoms. The van der Waals surface area contributed by atoms with Crippen LogP contribution in [0.3, 0.4) is 0 Å². The number of hydrogen-bond acceptors (Lipinski definition) is 5. The van der Waals surface area contributed by atoms with Gasteiger partial charge in [-0.1, -0.05) is 19.8 Å². The van der Waals surface area contributed by atoms with Gasteiger partial charge < -0.3 is 26.7 Å². The van der Waals surface area contributed by atoms with Crippen LogP contribution in [0.1, 0.15) is 58.8 Å². The van der Waals surface area contributed by atoms with Crippen LogP contribution in [0.5, 0.6) is 0 Å². The summed E-state index contributed by atoms with van der Waals surface area (Å²) in [6.45, 7) is 4.18. The molecule has 0 saturated heterocycles. The zero-order valence-electron chi connectivity index (χ0n) is 15.2. The Morgan fingerprint density at radius 1 is 1.40 bits per heavy atom. The predicted octanol–water partition coefficient (Wildman–Crippen LogP) is 0.795. The minimum atomic E-state index is -1.14. The number of aliphatic hydroxyl groups is 1. The van der Waals surface area contributed by atoms with Gasteiger partial charge in [0.25, 0.3) is 0 Å². The summed E-state index contributed by atoms with van der Waals surface area (Å²) in [5, 5.41) is 29.3. The van der Waals surface area contributed by atoms with E-state index >= 15 is 0 Å². The second-order valence-corrected chi connectivity index (χ2v) is 7.02. The first-order valence-electron chi connectivity index (χ1n) is 8.99. The van der Waals surface area contributed by atoms with Crippen molar-refractivity contribution in [1.29, 1.82) is 0 Å². The number of carbonyl (C=O) groups is 2. The van der Waals surface area contributed by atoms with Crippen molar-refractivity contribution in [2.75, 3.05) is 6.54 Å². The lowest BCUT2D eigenvalue weighted by Gasteiger charge is -2.30. The van der Waals surface area contributed by atoms with E-state index in [0.29, 0.717) is 38.1 Å². The van der Waals surface area contributed by atoms with E-state index in [4.69, 9.17) is 5.84 Å². The molecule has 4 atom stereocenters. The molecule has 1 saturated carbocycles. The number of nitrogens with two attached hydrogens (primary N) is 1. The van der Waals surface area contributed by atoms with Gasteiger partial charge in [-0.25, -0.2) is 0 Å². The van der Waals surface area contributed by atoms with Crippen molar-refractivity contribution in [3.63, 3.8) is 0 Å². The Labute approximate surface area is 149 Å². The first-order chi connectivity index (χ1) is 11.9. The van der Waals surface area contributed by atoms with Crippen molar-refractivity contribution < 1.29 is 19.8 Å². The lowest BCUT2D eigenvalue weighted by Crippen LogP contribution is -2.39. The summed E-state index contributed by atoms with van der Waals surface area (Å²) >= 11 is 0. The average Bonchev–Trinajstić information content (AvgIpc) is 2.87. The topological polar surface area (TPSA) is 137 Å². The molecular weight excluding hydrogens is 324 g/mol. The van der Waals surface area contributed by atoms with Crippen molar-refractivity contribution in [3.05, 3.63) is 0 Å². The van der Waals surface area contributed by atoms with E-state index in [-0.39, 0.29) is 11.9 Å². The van der Waals surface area contributed by atoms with E-state index in [1.165, 1.54) is 13.3 Å². The molecule has 0 aromatic heterocycles. The lowest BCUT2D eigenvalue weighted by molar-refractivity contribution is -0.155. The summed E-state index contributed by atoms with van der Waals surface area (Å²) in [4.78, 5) is 22.9. The molecule has 0 spiro atoms. The minimum Gasteiger partial charge on any atom is -0.481 e. The molecule has 1 aliphatic carbocycles. The second-order valence-electron chi connectivity index (χ2n) is 7.02. The van der Waals surface area contributed by atoms with Gasteiger partial charge in [0, 0.05) is 19.5 Å². The Balaban J connectivity index is 2.68. The Morgan fingerprint density at radius 2 is 2.12 bits per heavy atom. The molecule has 0 aromatic rings. The lowest BCUT2D eigenvalue weighted by atomic mass is 9.76. The molecule has 1 amide bonds. The van der Waals surface area contributed by atoms with Gasteiger partial charge in [-0.3, -0.25) is 9.59 Å². The highest BCUT2D eigenvalue weighted by Crippen LogP contribution is 2.44. The molecule has 0 bridgehead atoms. The number of carboxylic acids is 1. The third kappa shape index (κ3) is 6.19. The summed E-state index contributed by atoms with van der Waals surface area (Å²) in [6.07, 6.45) is 5.09. The number of amides is 1. The third-order valence-corrected chi connectivity index (χ3v) is 5.19. The Kier molecular flexibility index (Phi) is 8.68. The Bertz CT molecular complexity index is 472. The zero-order valence-corrected chi connectivity index (χ0v) is 15.2. The highest BCUT2D eigenvalue weighted by atomic mass is 16.4. The maximum absolute atomic E-state index is 11.9. The van der Waals surface area contributed by atoms with Crippen LogP contribution in [-0.2, 0) is 9.59 Å². The molecule has 4 unspecified atom stereocenters. The molecule has 144 valence electrons. The van der Waals surface area contributed by atoms with Gasteiger partial charge in [-0.2, -0.15) is 5.10 Å². The highest BCUT2D eigenvalue weighted by Gasteiger charge is 2.52. The molecule has 6 N–H and O–H groups in total. The maximum Gasteiger partial charge on any atom is 0.312 e. The van der Waals surface area contributed by atoms with Gasteiger partial charge in [0.1, 0.15) is 6.34 Å². The van der Waals surface area contributed by atoms with E-state index < -0.39 is 17.5 Å². The normalized spacial score (nSPS) is 27.3. The molecule has 25 heavy (non-hydrogen) atoms. The van der Waals surface area contributed by atoms with Crippen LogP contribution in [0.2, 0.25) is 0 Å². The van der Waals surface area contributed by atoms with Crippen molar-refractivity contribution in [2.24, 2.45) is 22.3 Å². The van der Waals surface area contributed by atoms with Crippen LogP contribution in [0.25, 0.3) is 0 Å². The molecule has 1 rings (SSSR count). The second kappa shape index (κ2) is 10.2. The summed E-state index contributed by atoms with van der Waals surface area (Å²) < 4.78 is 0. The summed E-state index contributed by atoms with van der Waals surface area (Å²) in [5.74, 6) is 4.39. The first kappa shape index (κ1) is 21.2. The fraction of sp³-hybridized carbons (Fsp3) is 0.824. The van der Waals surface area contributed by atoms with Crippen molar-refractivity contribution in [1.82, 2.24) is 10.6 Å². The fourth-order valence-electron chi connectivity index (χ4n) is 3.79. The number of carboxylic acid groups (broad SMARTS) is 1. The van der Waals surface area contributed by atoms with Crippen LogP contribution >= 0.6 is 0 Å². The smallest absolute Gasteiger partial charge is 0.312 e. The van der Waals surface area contributed by atoms with Gasteiger partial charge in [0.05, 0.1) is 11.5 Å². The number of hydrazone groups is 1. The van der Waals surface area contributed by atoms with Crippen LogP contribution in [0.15, 0.2) is 5.10 Å². The molecular formula is C17H32N4O4. The van der Waals surface area contributed by atoms with Crippen LogP contribution < -0.4 is 16.5 Å². The maximum atomic E-state index is 11.9. The number of aliphatic hydroxyl groups excluding tert-OH is 1. The predicted molar refractivity (Wildman–Crippen MR) is 95.8 cm³/mol. The van der Waals surface area contributed by atoms with Crippen molar-refractivity contribution >= 4 is 18.2 Å². The van der Waals surface area contributed by atoms with E-state index in [1.807, 2.05) is 0 Å². The molecule has 1 fully saturated rings. The largest absolute Gasteiger partial charge is 0.481 e. The van der Waals surface area contributed by atoms with Gasteiger partial charge >= 0.3 is 5.97 Å². The van der Waals surface area contributed by atoms with Crippen LogP contribution in [-0.4, -0.2) is 47.1 Å². The molecule has 0 aromatic carbocycles. The third-order valence-electron chi connectivity index (χ3n) is 5.19. The minimum absolute atomic E-state index is 0.0565. The average molecular weight is 356 g/mol. The summed E-state index contributed by atoms with van der Waals surface area (Å²) in [6, 6.07) is -0.151. The molecule has 1 aliphatic rings. The molecule has 0 radical (unpaired) electrons. The van der Waals surface area contributed by atoms with Crippen LogP contribution in [0.4, 0.5) is 0 Å². The summed E-state index contributed by atoms with van der Waals surface area (Å²) in [5.41, 5.74) is -1.14. The first-order valence-corrected chi connectivity index (χ1v) is 8.99. The number of nitrogens with one attached hydrogen (secondary N) is 2. The van der Waals surface area contributed by atoms with Crippen molar-refractivity contribution in [2.45, 2.75) is 70.9 Å².